The third-order valence-corrected chi connectivity index (χ3v) is 4.42. The molecule has 0 aliphatic rings. The van der Waals surface area contributed by atoms with E-state index >= 15 is 0 Å². The average Bonchev–Trinajstić information content (AvgIpc) is 3.19. The first-order valence-electron chi connectivity index (χ1n) is 9.79. The van der Waals surface area contributed by atoms with Gasteiger partial charge in [0.2, 0.25) is 0 Å². The molecule has 2 heterocycles. The Morgan fingerprint density at radius 2 is 1.64 bits per heavy atom. The summed E-state index contributed by atoms with van der Waals surface area (Å²) in [4.78, 5) is 4.52. The minimum absolute atomic E-state index is 0.807. The summed E-state index contributed by atoms with van der Waals surface area (Å²) in [6.07, 6.45) is 1.90. The van der Waals surface area contributed by atoms with Gasteiger partial charge < -0.3 is 9.09 Å². The molecule has 0 spiro atoms. The molecular formula is C24H29N3O. The van der Waals surface area contributed by atoms with E-state index in [1.54, 1.807) is 0 Å². The van der Waals surface area contributed by atoms with Gasteiger partial charge in [0.25, 0.3) is 0 Å². The SMILES string of the molecule is CC(C)C.Cc1ccc(Cn2cnc3ccc(-c4c(C)noc4C)cc32)cc1. The zero-order valence-corrected chi connectivity index (χ0v) is 17.7. The van der Waals surface area contributed by atoms with Crippen molar-refractivity contribution >= 4 is 11.0 Å². The quantitative estimate of drug-likeness (QED) is 0.420. The van der Waals surface area contributed by atoms with Crippen molar-refractivity contribution in [2.24, 2.45) is 5.92 Å². The van der Waals surface area contributed by atoms with E-state index in [1.165, 1.54) is 11.1 Å². The Kier molecular flexibility index (Phi) is 5.98. The third kappa shape index (κ3) is 4.50. The number of imidazole rings is 1. The van der Waals surface area contributed by atoms with Crippen LogP contribution in [-0.4, -0.2) is 14.7 Å². The van der Waals surface area contributed by atoms with Gasteiger partial charge in [0.05, 0.1) is 23.1 Å². The summed E-state index contributed by atoms with van der Waals surface area (Å²) < 4.78 is 7.49. The monoisotopic (exact) mass is 375 g/mol. The highest BCUT2D eigenvalue weighted by molar-refractivity contribution is 5.83. The molecule has 0 unspecified atom stereocenters. The maximum Gasteiger partial charge on any atom is 0.141 e. The molecule has 4 nitrogen and oxygen atoms in total. The molecule has 28 heavy (non-hydrogen) atoms. The standard InChI is InChI=1S/C20H19N3O.C4H10/c1-13-4-6-16(7-5-13)11-23-12-21-18-9-8-17(10-19(18)23)20-14(2)22-24-15(20)3;1-4(2)3/h4-10,12H,11H2,1-3H3;4H,1-3H3. The number of benzene rings is 2. The highest BCUT2D eigenvalue weighted by Gasteiger charge is 2.13. The topological polar surface area (TPSA) is 43.9 Å². The molecule has 0 aliphatic heterocycles. The van der Waals surface area contributed by atoms with E-state index in [0.717, 1.165) is 46.1 Å². The van der Waals surface area contributed by atoms with E-state index in [0.29, 0.717) is 0 Å². The average molecular weight is 376 g/mol. The molecule has 4 heteroatoms. The molecule has 2 aromatic carbocycles. The van der Waals surface area contributed by atoms with E-state index < -0.39 is 0 Å². The van der Waals surface area contributed by atoms with Gasteiger partial charge in [0.15, 0.2) is 0 Å². The summed E-state index contributed by atoms with van der Waals surface area (Å²) in [5.41, 5.74) is 7.75. The van der Waals surface area contributed by atoms with Gasteiger partial charge >= 0.3 is 0 Å². The van der Waals surface area contributed by atoms with Gasteiger partial charge in [-0.25, -0.2) is 4.98 Å². The minimum Gasteiger partial charge on any atom is -0.361 e. The lowest BCUT2D eigenvalue weighted by atomic mass is 10.0. The van der Waals surface area contributed by atoms with Gasteiger partial charge in [-0.15, -0.1) is 0 Å². The number of hydrogen-bond donors (Lipinski definition) is 0. The van der Waals surface area contributed by atoms with Gasteiger partial charge in [0.1, 0.15) is 5.76 Å². The van der Waals surface area contributed by atoms with Gasteiger partial charge in [-0.3, -0.25) is 0 Å². The van der Waals surface area contributed by atoms with Crippen LogP contribution in [0.1, 0.15) is 43.4 Å². The summed E-state index contributed by atoms with van der Waals surface area (Å²) in [6, 6.07) is 14.9. The molecule has 0 bridgehead atoms. The molecule has 0 saturated heterocycles. The van der Waals surface area contributed by atoms with Crippen LogP contribution in [0.2, 0.25) is 0 Å². The van der Waals surface area contributed by atoms with Gasteiger partial charge in [-0.1, -0.05) is 61.8 Å². The molecule has 0 N–H and O–H groups in total. The second-order valence-corrected chi connectivity index (χ2v) is 7.99. The van der Waals surface area contributed by atoms with Crippen molar-refractivity contribution in [3.05, 3.63) is 71.4 Å². The minimum atomic E-state index is 0.807. The number of nitrogens with zero attached hydrogens (tertiary/aromatic N) is 3. The molecule has 146 valence electrons. The predicted molar refractivity (Wildman–Crippen MR) is 115 cm³/mol. The highest BCUT2D eigenvalue weighted by Crippen LogP contribution is 2.29. The number of aromatic nitrogens is 3. The van der Waals surface area contributed by atoms with Crippen LogP contribution >= 0.6 is 0 Å². The molecule has 0 amide bonds. The van der Waals surface area contributed by atoms with Crippen LogP contribution in [0.15, 0.2) is 53.3 Å². The van der Waals surface area contributed by atoms with E-state index in [-0.39, 0.29) is 0 Å². The molecule has 0 fully saturated rings. The van der Waals surface area contributed by atoms with Crippen molar-refractivity contribution in [2.75, 3.05) is 0 Å². The fraction of sp³-hybridized carbons (Fsp3) is 0.333. The van der Waals surface area contributed by atoms with Gasteiger partial charge in [0, 0.05) is 12.1 Å². The Balaban J connectivity index is 0.000000516. The van der Waals surface area contributed by atoms with Gasteiger partial charge in [-0.2, -0.15) is 0 Å². The Bertz CT molecular complexity index is 1030. The van der Waals surface area contributed by atoms with Crippen molar-refractivity contribution in [3.8, 4) is 11.1 Å². The zero-order valence-electron chi connectivity index (χ0n) is 17.7. The van der Waals surface area contributed by atoms with Crippen molar-refractivity contribution in [1.29, 1.82) is 0 Å². The van der Waals surface area contributed by atoms with Crippen LogP contribution in [0, 0.1) is 26.7 Å². The third-order valence-electron chi connectivity index (χ3n) is 4.42. The van der Waals surface area contributed by atoms with Gasteiger partial charge in [-0.05, 0) is 49.9 Å². The molecule has 4 rings (SSSR count). The fourth-order valence-corrected chi connectivity index (χ4v) is 3.12. The maximum absolute atomic E-state index is 5.31. The van der Waals surface area contributed by atoms with Crippen molar-refractivity contribution < 1.29 is 4.52 Å². The van der Waals surface area contributed by atoms with Crippen LogP contribution in [0.4, 0.5) is 0 Å². The van der Waals surface area contributed by atoms with E-state index in [9.17, 15) is 0 Å². The fourth-order valence-electron chi connectivity index (χ4n) is 3.12. The Morgan fingerprint density at radius 3 is 2.25 bits per heavy atom. The molecule has 0 saturated carbocycles. The Morgan fingerprint density at radius 1 is 0.964 bits per heavy atom. The molecule has 0 atom stereocenters. The Hall–Kier alpha value is -2.88. The highest BCUT2D eigenvalue weighted by atomic mass is 16.5. The summed E-state index contributed by atoms with van der Waals surface area (Å²) in [5, 5.41) is 4.06. The second-order valence-electron chi connectivity index (χ2n) is 7.99. The molecule has 0 aliphatic carbocycles. The van der Waals surface area contributed by atoms with E-state index in [1.807, 2.05) is 20.2 Å². The normalized spacial score (nSPS) is 11.0. The Labute approximate surface area is 167 Å². The summed E-state index contributed by atoms with van der Waals surface area (Å²) in [7, 11) is 0. The molecule has 0 radical (unpaired) electrons. The first kappa shape index (κ1) is 19.9. The molecule has 4 aromatic rings. The maximum atomic E-state index is 5.31. The lowest BCUT2D eigenvalue weighted by Gasteiger charge is -2.07. The summed E-state index contributed by atoms with van der Waals surface area (Å²) in [6.45, 7) is 13.3. The number of fused-ring (bicyclic) bond motifs is 1. The summed E-state index contributed by atoms with van der Waals surface area (Å²) in [5.74, 6) is 1.68. The van der Waals surface area contributed by atoms with Crippen LogP contribution in [-0.2, 0) is 6.54 Å². The van der Waals surface area contributed by atoms with E-state index in [2.05, 4.69) is 84.9 Å². The van der Waals surface area contributed by atoms with Crippen LogP contribution in [0.3, 0.4) is 0 Å². The lowest BCUT2D eigenvalue weighted by molar-refractivity contribution is 0.393. The smallest absolute Gasteiger partial charge is 0.141 e. The number of rotatable bonds is 3. The van der Waals surface area contributed by atoms with Crippen molar-refractivity contribution in [2.45, 2.75) is 48.1 Å². The second kappa shape index (κ2) is 8.42. The molecular weight excluding hydrogens is 346 g/mol. The summed E-state index contributed by atoms with van der Waals surface area (Å²) >= 11 is 0. The van der Waals surface area contributed by atoms with E-state index in [4.69, 9.17) is 4.52 Å². The number of aryl methyl sites for hydroxylation is 3. The lowest BCUT2D eigenvalue weighted by Crippen LogP contribution is -1.98. The first-order valence-corrected chi connectivity index (χ1v) is 9.79. The largest absolute Gasteiger partial charge is 0.361 e. The van der Waals surface area contributed by atoms with Crippen LogP contribution < -0.4 is 0 Å². The predicted octanol–water partition coefficient (Wildman–Crippen LogP) is 6.33. The van der Waals surface area contributed by atoms with Crippen molar-refractivity contribution in [3.63, 3.8) is 0 Å². The first-order chi connectivity index (χ1) is 13.3. The van der Waals surface area contributed by atoms with Crippen LogP contribution in [0.5, 0.6) is 0 Å². The molecule has 2 aromatic heterocycles. The van der Waals surface area contributed by atoms with Crippen LogP contribution in [0.25, 0.3) is 22.2 Å². The zero-order chi connectivity index (χ0) is 20.3. The van der Waals surface area contributed by atoms with Crippen molar-refractivity contribution in [1.82, 2.24) is 14.7 Å². The number of hydrogen-bond acceptors (Lipinski definition) is 3.